The predicted octanol–water partition coefficient (Wildman–Crippen LogP) is 13.8. The van der Waals surface area contributed by atoms with E-state index in [-0.39, 0.29) is 16.2 Å². The third-order valence-electron chi connectivity index (χ3n) is 11.8. The van der Waals surface area contributed by atoms with Crippen LogP contribution in [0.4, 0.5) is 0 Å². The summed E-state index contributed by atoms with van der Waals surface area (Å²) in [6.07, 6.45) is 0. The van der Waals surface area contributed by atoms with Crippen molar-refractivity contribution in [2.24, 2.45) is 0 Å². The third kappa shape index (κ3) is 4.58. The molecular formula is C50H44. The van der Waals surface area contributed by atoms with Crippen molar-refractivity contribution < 1.29 is 0 Å². The molecule has 0 aliphatic heterocycles. The molecule has 0 bridgehead atoms. The van der Waals surface area contributed by atoms with E-state index in [9.17, 15) is 0 Å². The Labute approximate surface area is 297 Å². The fourth-order valence-corrected chi connectivity index (χ4v) is 8.81. The number of fused-ring (bicyclic) bond motifs is 7. The normalized spacial score (nSPS) is 15.0. The van der Waals surface area contributed by atoms with Gasteiger partial charge in [0, 0.05) is 10.8 Å². The molecule has 50 heavy (non-hydrogen) atoms. The molecule has 2 aliphatic rings. The first-order valence-electron chi connectivity index (χ1n) is 18.1. The van der Waals surface area contributed by atoms with E-state index in [1.807, 2.05) is 0 Å². The van der Waals surface area contributed by atoms with Gasteiger partial charge in [-0.2, -0.15) is 0 Å². The topological polar surface area (TPSA) is 0 Å². The lowest BCUT2D eigenvalue weighted by Crippen LogP contribution is -2.17. The molecule has 7 aromatic carbocycles. The molecule has 244 valence electrons. The lowest BCUT2D eigenvalue weighted by atomic mass is 9.78. The largest absolute Gasteiger partial charge is 0.0622 e. The Bertz CT molecular complexity index is 2480. The molecule has 0 heteroatoms. The minimum atomic E-state index is -0.124. The van der Waals surface area contributed by atoms with Crippen LogP contribution in [0.25, 0.3) is 66.4 Å². The van der Waals surface area contributed by atoms with Gasteiger partial charge in [-0.05, 0) is 136 Å². The maximum absolute atomic E-state index is 2.53. The van der Waals surface area contributed by atoms with Gasteiger partial charge in [0.25, 0.3) is 0 Å². The van der Waals surface area contributed by atoms with Crippen LogP contribution in [0.15, 0.2) is 140 Å². The van der Waals surface area contributed by atoms with E-state index in [1.54, 1.807) is 0 Å². The summed E-state index contributed by atoms with van der Waals surface area (Å²) in [5.41, 5.74) is 20.2. The zero-order valence-electron chi connectivity index (χ0n) is 30.3. The minimum absolute atomic E-state index is 0.0937. The molecule has 0 unspecified atom stereocenters. The van der Waals surface area contributed by atoms with Crippen LogP contribution in [0.2, 0.25) is 0 Å². The van der Waals surface area contributed by atoms with Crippen molar-refractivity contribution in [3.63, 3.8) is 0 Å². The molecule has 0 spiro atoms. The summed E-state index contributed by atoms with van der Waals surface area (Å²) in [5.74, 6) is 0. The zero-order chi connectivity index (χ0) is 34.6. The summed E-state index contributed by atoms with van der Waals surface area (Å²) in [6.45, 7) is 16.5. The Morgan fingerprint density at radius 2 is 0.780 bits per heavy atom. The molecule has 0 nitrogen and oxygen atoms in total. The van der Waals surface area contributed by atoms with Crippen molar-refractivity contribution in [3.8, 4) is 55.6 Å². The Morgan fingerprint density at radius 3 is 1.32 bits per heavy atom. The molecule has 0 aromatic heterocycles. The first-order valence-corrected chi connectivity index (χ1v) is 18.1. The predicted molar refractivity (Wildman–Crippen MR) is 214 cm³/mol. The molecule has 0 radical (unpaired) electrons. The van der Waals surface area contributed by atoms with Crippen molar-refractivity contribution in [2.45, 2.75) is 64.7 Å². The lowest BCUT2D eigenvalue weighted by Gasteiger charge is -2.24. The highest BCUT2D eigenvalue weighted by Crippen LogP contribution is 2.57. The van der Waals surface area contributed by atoms with Crippen LogP contribution in [-0.4, -0.2) is 0 Å². The van der Waals surface area contributed by atoms with E-state index in [4.69, 9.17) is 0 Å². The summed E-state index contributed by atoms with van der Waals surface area (Å²) < 4.78 is 0. The quantitative estimate of drug-likeness (QED) is 0.180. The van der Waals surface area contributed by atoms with Crippen LogP contribution >= 0.6 is 0 Å². The molecular weight excluding hydrogens is 601 g/mol. The number of benzene rings is 7. The number of hydrogen-bond acceptors (Lipinski definition) is 0. The van der Waals surface area contributed by atoms with Gasteiger partial charge in [-0.3, -0.25) is 0 Å². The second kappa shape index (κ2) is 10.6. The van der Waals surface area contributed by atoms with E-state index in [2.05, 4.69) is 188 Å². The molecule has 0 atom stereocenters. The van der Waals surface area contributed by atoms with Crippen molar-refractivity contribution in [3.05, 3.63) is 167 Å². The maximum atomic E-state index is 2.53. The van der Waals surface area contributed by atoms with Crippen LogP contribution in [0.5, 0.6) is 0 Å². The monoisotopic (exact) mass is 644 g/mol. The van der Waals surface area contributed by atoms with Gasteiger partial charge in [0.2, 0.25) is 0 Å². The van der Waals surface area contributed by atoms with E-state index in [1.165, 1.54) is 94.2 Å². The molecule has 0 fully saturated rings. The molecule has 0 N–H and O–H groups in total. The van der Waals surface area contributed by atoms with Crippen LogP contribution in [0.3, 0.4) is 0 Å². The average molecular weight is 645 g/mol. The zero-order valence-corrected chi connectivity index (χ0v) is 30.3. The van der Waals surface area contributed by atoms with E-state index in [0.29, 0.717) is 0 Å². The van der Waals surface area contributed by atoms with Crippen LogP contribution in [0.1, 0.15) is 76.3 Å². The molecule has 0 amide bonds. The molecule has 9 rings (SSSR count). The smallest absolute Gasteiger partial charge is 0.0159 e. The van der Waals surface area contributed by atoms with Crippen molar-refractivity contribution in [1.82, 2.24) is 0 Å². The van der Waals surface area contributed by atoms with Crippen molar-refractivity contribution in [2.75, 3.05) is 0 Å². The van der Waals surface area contributed by atoms with Crippen molar-refractivity contribution >= 4 is 10.8 Å². The summed E-state index contributed by atoms with van der Waals surface area (Å²) in [6, 6.07) is 52.9. The van der Waals surface area contributed by atoms with Gasteiger partial charge in [-0.15, -0.1) is 0 Å². The fourth-order valence-electron chi connectivity index (χ4n) is 8.81. The maximum Gasteiger partial charge on any atom is 0.0159 e. The molecule has 7 aromatic rings. The summed E-state index contributed by atoms with van der Waals surface area (Å²) in [4.78, 5) is 0. The van der Waals surface area contributed by atoms with Gasteiger partial charge in [-0.25, -0.2) is 0 Å². The number of rotatable bonds is 3. The SMILES string of the molecule is CC(C)(C)c1ccc(-c2ccc3c(c2)C(C)(C)c2cc4c(cc2-3)C(C)(C)c2cc(-c3cc5ccccc5cc3-c3ccccc3)ccc2-4)cc1. The first kappa shape index (κ1) is 30.8. The summed E-state index contributed by atoms with van der Waals surface area (Å²) in [5, 5.41) is 2.54. The molecule has 0 heterocycles. The second-order valence-corrected chi connectivity index (χ2v) is 16.7. The van der Waals surface area contributed by atoms with Crippen LogP contribution < -0.4 is 0 Å². The standard InChI is InChI=1S/C50H44/c1-48(2,3)37-21-17-31(18-22-37)35-19-23-38-42-29-47-43(30-46(42)49(4,5)44(38)27-35)39-24-20-36(28-45(39)50(47,6)7)41-26-34-16-12-11-15-33(34)25-40(41)32-13-9-8-10-14-32/h8-30H,1-7H3. The molecule has 2 aliphatic carbocycles. The third-order valence-corrected chi connectivity index (χ3v) is 11.8. The Hall–Kier alpha value is -5.20. The Morgan fingerprint density at radius 1 is 0.340 bits per heavy atom. The highest BCUT2D eigenvalue weighted by molar-refractivity contribution is 5.98. The Balaban J connectivity index is 1.14. The van der Waals surface area contributed by atoms with E-state index >= 15 is 0 Å². The highest BCUT2D eigenvalue weighted by Gasteiger charge is 2.42. The Kier molecular flexibility index (Phi) is 6.57. The van der Waals surface area contributed by atoms with Gasteiger partial charge in [0.1, 0.15) is 0 Å². The lowest BCUT2D eigenvalue weighted by molar-refractivity contribution is 0.590. The average Bonchev–Trinajstić information content (AvgIpc) is 3.48. The molecule has 0 saturated heterocycles. The van der Waals surface area contributed by atoms with E-state index in [0.717, 1.165) is 0 Å². The van der Waals surface area contributed by atoms with E-state index < -0.39 is 0 Å². The van der Waals surface area contributed by atoms with Crippen molar-refractivity contribution in [1.29, 1.82) is 0 Å². The summed E-state index contributed by atoms with van der Waals surface area (Å²) in [7, 11) is 0. The minimum Gasteiger partial charge on any atom is -0.0622 e. The van der Waals surface area contributed by atoms with Gasteiger partial charge >= 0.3 is 0 Å². The van der Waals surface area contributed by atoms with Crippen LogP contribution in [0, 0.1) is 0 Å². The second-order valence-electron chi connectivity index (χ2n) is 16.7. The number of hydrogen-bond donors (Lipinski definition) is 0. The van der Waals surface area contributed by atoms with Gasteiger partial charge in [-0.1, -0.05) is 152 Å². The first-order chi connectivity index (χ1) is 23.9. The van der Waals surface area contributed by atoms with Crippen LogP contribution in [-0.2, 0) is 16.2 Å². The highest BCUT2D eigenvalue weighted by atomic mass is 14.4. The van der Waals surface area contributed by atoms with Gasteiger partial charge in [0.05, 0.1) is 0 Å². The van der Waals surface area contributed by atoms with Gasteiger partial charge in [0.15, 0.2) is 0 Å². The fraction of sp³-hybridized carbons (Fsp3) is 0.200. The van der Waals surface area contributed by atoms with Gasteiger partial charge < -0.3 is 0 Å². The molecule has 0 saturated carbocycles. The summed E-state index contributed by atoms with van der Waals surface area (Å²) >= 11 is 0.